The Balaban J connectivity index is 0.000000980. The van der Waals surface area contributed by atoms with Gasteiger partial charge < -0.3 is 10.6 Å². The van der Waals surface area contributed by atoms with E-state index in [1.165, 1.54) is 6.07 Å². The Hall–Kier alpha value is -0.374. The summed E-state index contributed by atoms with van der Waals surface area (Å²) in [5.41, 5.74) is 0.672. The number of carbonyl (C=O) groups is 1. The van der Waals surface area contributed by atoms with Crippen molar-refractivity contribution in [3.8, 4) is 0 Å². The van der Waals surface area contributed by atoms with Crippen LogP contribution in [0.4, 0.5) is 0 Å². The molecular formula is C9H7KN2O3. The quantitative estimate of drug-likeness (QED) is 0.581. The first-order valence-corrected chi connectivity index (χ1v) is 3.73. The Kier molecular flexibility index (Phi) is 6.11. The number of benzene rings is 1. The van der Waals surface area contributed by atoms with Crippen molar-refractivity contribution in [3.63, 3.8) is 0 Å². The maximum Gasteiger partial charge on any atom is 1.00 e. The molecule has 0 atom stereocenters. The first kappa shape index (κ1) is 14.6. The van der Waals surface area contributed by atoms with E-state index < -0.39 is 5.97 Å². The van der Waals surface area contributed by atoms with Gasteiger partial charge in [0, 0.05) is 5.39 Å². The van der Waals surface area contributed by atoms with Gasteiger partial charge in [0.25, 0.3) is 0 Å². The molecule has 0 radical (unpaired) electrons. The molecule has 1 heterocycles. The van der Waals surface area contributed by atoms with E-state index in [-0.39, 0.29) is 62.6 Å². The molecule has 6 heteroatoms. The Labute approximate surface area is 128 Å². The van der Waals surface area contributed by atoms with Crippen molar-refractivity contribution in [1.82, 2.24) is 10.2 Å². The predicted molar refractivity (Wildman–Crippen MR) is 48.4 cm³/mol. The number of hydrogen-bond donors (Lipinski definition) is 1. The molecule has 0 aliphatic heterocycles. The molecule has 15 heavy (non-hydrogen) atoms. The largest absolute Gasteiger partial charge is 1.00 e. The molecule has 0 spiro atoms. The number of rotatable bonds is 1. The van der Waals surface area contributed by atoms with E-state index in [1.54, 1.807) is 12.1 Å². The number of aromatic carboxylic acids is 1. The molecule has 5 nitrogen and oxygen atoms in total. The SMILES string of the molecule is O=C(O)c1cc2ccccc2nn1.[K+].[OH-]. The van der Waals surface area contributed by atoms with Gasteiger partial charge in [-0.1, -0.05) is 18.2 Å². The van der Waals surface area contributed by atoms with Gasteiger partial charge in [-0.2, -0.15) is 0 Å². The molecule has 72 valence electrons. The maximum atomic E-state index is 10.5. The topological polar surface area (TPSA) is 93.1 Å². The average molecular weight is 230 g/mol. The minimum absolute atomic E-state index is 0. The van der Waals surface area contributed by atoms with E-state index in [0.717, 1.165) is 5.39 Å². The fourth-order valence-electron chi connectivity index (χ4n) is 1.09. The molecule has 0 aliphatic carbocycles. The van der Waals surface area contributed by atoms with Crippen LogP contribution in [0.25, 0.3) is 10.9 Å². The smallest absolute Gasteiger partial charge is 0.870 e. The third kappa shape index (κ3) is 3.30. The van der Waals surface area contributed by atoms with Crippen LogP contribution in [0.15, 0.2) is 30.3 Å². The summed E-state index contributed by atoms with van der Waals surface area (Å²) in [5, 5.41) is 16.8. The Morgan fingerprint density at radius 2 is 1.87 bits per heavy atom. The number of aromatic nitrogens is 2. The van der Waals surface area contributed by atoms with Crippen LogP contribution in [0.3, 0.4) is 0 Å². The third-order valence-corrected chi connectivity index (χ3v) is 1.71. The second kappa shape index (κ2) is 6.26. The van der Waals surface area contributed by atoms with Crippen LogP contribution in [0.5, 0.6) is 0 Å². The summed E-state index contributed by atoms with van der Waals surface area (Å²) < 4.78 is 0. The van der Waals surface area contributed by atoms with Gasteiger partial charge in [0.15, 0.2) is 5.69 Å². The fraction of sp³-hybridized carbons (Fsp3) is 0. The van der Waals surface area contributed by atoms with Gasteiger partial charge in [-0.3, -0.25) is 0 Å². The third-order valence-electron chi connectivity index (χ3n) is 1.71. The number of nitrogens with zero attached hydrogens (tertiary/aromatic N) is 2. The van der Waals surface area contributed by atoms with Crippen LogP contribution < -0.4 is 51.4 Å². The molecule has 0 saturated carbocycles. The van der Waals surface area contributed by atoms with Gasteiger partial charge in [-0.25, -0.2) is 4.79 Å². The van der Waals surface area contributed by atoms with Crippen molar-refractivity contribution >= 4 is 16.9 Å². The molecule has 2 aromatic rings. The molecule has 0 aliphatic rings. The van der Waals surface area contributed by atoms with Crippen molar-refractivity contribution in [2.24, 2.45) is 0 Å². The van der Waals surface area contributed by atoms with Crippen LogP contribution in [-0.2, 0) is 0 Å². The number of fused-ring (bicyclic) bond motifs is 1. The molecule has 0 amide bonds. The first-order chi connectivity index (χ1) is 6.27. The van der Waals surface area contributed by atoms with Gasteiger partial charge in [0.05, 0.1) is 5.52 Å². The molecule has 0 saturated heterocycles. The predicted octanol–water partition coefficient (Wildman–Crippen LogP) is -1.84. The summed E-state index contributed by atoms with van der Waals surface area (Å²) in [4.78, 5) is 10.5. The van der Waals surface area contributed by atoms with Crippen molar-refractivity contribution in [2.45, 2.75) is 0 Å². The Bertz CT molecular complexity index is 476. The van der Waals surface area contributed by atoms with Crippen molar-refractivity contribution in [3.05, 3.63) is 36.0 Å². The summed E-state index contributed by atoms with van der Waals surface area (Å²) in [7, 11) is 0. The average Bonchev–Trinajstić information content (AvgIpc) is 2.17. The van der Waals surface area contributed by atoms with Crippen LogP contribution >= 0.6 is 0 Å². The summed E-state index contributed by atoms with van der Waals surface area (Å²) in [6, 6.07) is 8.75. The monoisotopic (exact) mass is 230 g/mol. The number of carboxylic acids is 1. The van der Waals surface area contributed by atoms with E-state index in [2.05, 4.69) is 10.2 Å². The van der Waals surface area contributed by atoms with Gasteiger partial charge >= 0.3 is 57.4 Å². The van der Waals surface area contributed by atoms with Gasteiger partial charge in [-0.15, -0.1) is 10.2 Å². The molecule has 0 bridgehead atoms. The minimum Gasteiger partial charge on any atom is -0.870 e. The molecule has 2 N–H and O–H groups in total. The van der Waals surface area contributed by atoms with Crippen LogP contribution in [-0.4, -0.2) is 26.7 Å². The summed E-state index contributed by atoms with van der Waals surface area (Å²) in [5.74, 6) is -1.06. The first-order valence-electron chi connectivity index (χ1n) is 3.73. The zero-order valence-electron chi connectivity index (χ0n) is 8.08. The molecule has 0 unspecified atom stereocenters. The van der Waals surface area contributed by atoms with Crippen LogP contribution in [0.1, 0.15) is 10.5 Å². The normalized spacial score (nSPS) is 8.80. The van der Waals surface area contributed by atoms with Gasteiger partial charge in [0.1, 0.15) is 0 Å². The summed E-state index contributed by atoms with van der Waals surface area (Å²) in [6.07, 6.45) is 0. The zero-order valence-corrected chi connectivity index (χ0v) is 11.2. The standard InChI is InChI=1S/C9H6N2O2.K.H2O/c12-9(13)8-5-6-3-1-2-4-7(6)10-11-8;;/h1-5H,(H,12,13);;1H2/q;+1;/p-1. The second-order valence-electron chi connectivity index (χ2n) is 2.59. The fourth-order valence-corrected chi connectivity index (χ4v) is 1.09. The van der Waals surface area contributed by atoms with E-state index in [9.17, 15) is 4.79 Å². The van der Waals surface area contributed by atoms with Crippen molar-refractivity contribution in [2.75, 3.05) is 0 Å². The molecule has 1 aromatic carbocycles. The molecule has 0 fully saturated rings. The number of hydrogen-bond acceptors (Lipinski definition) is 4. The molecule has 2 rings (SSSR count). The van der Waals surface area contributed by atoms with Crippen molar-refractivity contribution in [1.29, 1.82) is 0 Å². The van der Waals surface area contributed by atoms with E-state index >= 15 is 0 Å². The maximum absolute atomic E-state index is 10.5. The van der Waals surface area contributed by atoms with E-state index in [0.29, 0.717) is 5.52 Å². The van der Waals surface area contributed by atoms with E-state index in [1.807, 2.05) is 12.1 Å². The Morgan fingerprint density at radius 1 is 1.20 bits per heavy atom. The van der Waals surface area contributed by atoms with E-state index in [4.69, 9.17) is 5.11 Å². The molecular weight excluding hydrogens is 223 g/mol. The zero-order chi connectivity index (χ0) is 9.26. The van der Waals surface area contributed by atoms with Gasteiger partial charge in [0.2, 0.25) is 0 Å². The Morgan fingerprint density at radius 3 is 2.53 bits per heavy atom. The van der Waals surface area contributed by atoms with Crippen molar-refractivity contribution < 1.29 is 66.8 Å². The second-order valence-corrected chi connectivity index (χ2v) is 2.59. The molecule has 1 aromatic heterocycles. The minimum atomic E-state index is -1.06. The number of carboxylic acid groups (broad SMARTS) is 1. The van der Waals surface area contributed by atoms with Crippen LogP contribution in [0, 0.1) is 0 Å². The summed E-state index contributed by atoms with van der Waals surface area (Å²) in [6.45, 7) is 0. The van der Waals surface area contributed by atoms with Crippen LogP contribution in [0.2, 0.25) is 0 Å². The van der Waals surface area contributed by atoms with Gasteiger partial charge in [-0.05, 0) is 12.1 Å². The summed E-state index contributed by atoms with van der Waals surface area (Å²) >= 11 is 0.